The van der Waals surface area contributed by atoms with Crippen molar-refractivity contribution in [2.45, 2.75) is 63.6 Å². The van der Waals surface area contributed by atoms with Crippen molar-refractivity contribution >= 4 is 27.8 Å². The number of nitrogens with one attached hydrogen (secondary N) is 1. The molecule has 2 aromatic rings. The lowest BCUT2D eigenvalue weighted by Gasteiger charge is -2.37. The van der Waals surface area contributed by atoms with Gasteiger partial charge in [0.25, 0.3) is 5.91 Å². The summed E-state index contributed by atoms with van der Waals surface area (Å²) in [7, 11) is -3.82. The minimum atomic E-state index is -4.86. The van der Waals surface area contributed by atoms with E-state index in [1.54, 1.807) is 6.08 Å². The molecule has 0 aromatic heterocycles. The van der Waals surface area contributed by atoms with Crippen molar-refractivity contribution in [2.24, 2.45) is 4.99 Å². The molecule has 3 heterocycles. The summed E-state index contributed by atoms with van der Waals surface area (Å²) in [6.45, 7) is 5.73. The molecule has 3 N–H and O–H groups in total. The second-order valence-electron chi connectivity index (χ2n) is 12.1. The van der Waals surface area contributed by atoms with Gasteiger partial charge in [0.1, 0.15) is 17.1 Å². The lowest BCUT2D eigenvalue weighted by Crippen LogP contribution is -2.50. The number of carbonyl (C=O) groups is 1. The van der Waals surface area contributed by atoms with Gasteiger partial charge in [0.15, 0.2) is 0 Å². The zero-order valence-corrected chi connectivity index (χ0v) is 25.9. The van der Waals surface area contributed by atoms with Crippen LogP contribution < -0.4 is 10.1 Å². The number of nitrogens with zero attached hydrogens (tertiary/aromatic N) is 3. The molecule has 0 atom stereocenters. The second kappa shape index (κ2) is 12.5. The first kappa shape index (κ1) is 33.1. The maximum absolute atomic E-state index is 13.3. The number of benzene rings is 2. The van der Waals surface area contributed by atoms with Crippen LogP contribution in [0.2, 0.25) is 0 Å². The molecule has 3 aliphatic rings. The number of hydrogen-bond donors (Lipinski definition) is 3. The molecule has 2 aromatic carbocycles. The molecule has 45 heavy (non-hydrogen) atoms. The predicted molar refractivity (Wildman–Crippen MR) is 162 cm³/mol. The molecule has 14 heteroatoms. The highest BCUT2D eigenvalue weighted by Gasteiger charge is 2.47. The van der Waals surface area contributed by atoms with Gasteiger partial charge in [-0.3, -0.25) is 14.7 Å². The van der Waals surface area contributed by atoms with Gasteiger partial charge in [0.05, 0.1) is 12.2 Å². The van der Waals surface area contributed by atoms with Crippen LogP contribution in [0.3, 0.4) is 0 Å². The normalized spacial score (nSPS) is 20.9. The Bertz CT molecular complexity index is 1590. The average Bonchev–Trinajstić information content (AvgIpc) is 3.28. The number of piperidine rings is 2. The van der Waals surface area contributed by atoms with E-state index in [9.17, 15) is 36.6 Å². The molecule has 0 saturated carbocycles. The second-order valence-corrected chi connectivity index (χ2v) is 13.9. The summed E-state index contributed by atoms with van der Waals surface area (Å²) >= 11 is 0. The summed E-state index contributed by atoms with van der Waals surface area (Å²) in [6.07, 6.45) is -2.03. The first-order valence-corrected chi connectivity index (χ1v) is 16.2. The molecule has 0 aliphatic carbocycles. The van der Waals surface area contributed by atoms with Gasteiger partial charge in [-0.25, -0.2) is 8.42 Å². The Morgan fingerprint density at radius 3 is 2.29 bits per heavy atom. The third kappa shape index (κ3) is 7.58. The van der Waals surface area contributed by atoms with E-state index in [0.717, 1.165) is 34.4 Å². The highest BCUT2D eigenvalue weighted by Crippen LogP contribution is 2.33. The molecule has 244 valence electrons. The van der Waals surface area contributed by atoms with Crippen molar-refractivity contribution < 1.29 is 41.3 Å². The Labute approximate surface area is 260 Å². The fourth-order valence-corrected chi connectivity index (χ4v) is 7.32. The van der Waals surface area contributed by atoms with E-state index in [-0.39, 0.29) is 43.9 Å². The van der Waals surface area contributed by atoms with Crippen molar-refractivity contribution in [2.75, 3.05) is 32.8 Å². The maximum atomic E-state index is 13.3. The van der Waals surface area contributed by atoms with E-state index < -0.39 is 39.2 Å². The lowest BCUT2D eigenvalue weighted by molar-refractivity contribution is -0.274. The van der Waals surface area contributed by atoms with E-state index in [1.807, 2.05) is 26.0 Å². The van der Waals surface area contributed by atoms with Crippen LogP contribution in [0.25, 0.3) is 6.08 Å². The number of aliphatic imine (C=N–C) groups is 1. The van der Waals surface area contributed by atoms with Gasteiger partial charge in [-0.2, -0.15) is 4.31 Å². The number of sulfonamides is 1. The van der Waals surface area contributed by atoms with Crippen molar-refractivity contribution in [3.05, 3.63) is 69.6 Å². The Morgan fingerprint density at radius 2 is 1.69 bits per heavy atom. The van der Waals surface area contributed by atoms with Crippen LogP contribution in [-0.4, -0.2) is 89.9 Å². The van der Waals surface area contributed by atoms with Gasteiger partial charge in [0, 0.05) is 43.7 Å². The summed E-state index contributed by atoms with van der Waals surface area (Å²) in [5.41, 5.74) is 1.75. The van der Waals surface area contributed by atoms with Crippen molar-refractivity contribution in [1.82, 2.24) is 14.5 Å². The van der Waals surface area contributed by atoms with E-state index in [0.29, 0.717) is 32.5 Å². The van der Waals surface area contributed by atoms with Gasteiger partial charge in [0.2, 0.25) is 10.0 Å². The third-order valence-electron chi connectivity index (χ3n) is 8.78. The van der Waals surface area contributed by atoms with Crippen LogP contribution in [0.15, 0.2) is 46.8 Å². The summed E-state index contributed by atoms with van der Waals surface area (Å²) < 4.78 is 69.8. The molecule has 2 fully saturated rings. The lowest BCUT2D eigenvalue weighted by atomic mass is 9.89. The van der Waals surface area contributed by atoms with Crippen LogP contribution >= 0.6 is 0 Å². The average molecular weight is 651 g/mol. The third-order valence-corrected chi connectivity index (χ3v) is 10.3. The zero-order chi connectivity index (χ0) is 32.6. The van der Waals surface area contributed by atoms with Crippen molar-refractivity contribution in [3.8, 4) is 5.75 Å². The minimum absolute atomic E-state index is 0.0479. The number of amidine groups is 1. The molecular weight excluding hydrogens is 613 g/mol. The quantitative estimate of drug-likeness (QED) is 0.400. The highest BCUT2D eigenvalue weighted by molar-refractivity contribution is 7.92. The van der Waals surface area contributed by atoms with Gasteiger partial charge in [-0.15, -0.1) is 13.2 Å². The Kier molecular flexibility index (Phi) is 9.17. The van der Waals surface area contributed by atoms with E-state index >= 15 is 0 Å². The van der Waals surface area contributed by atoms with Gasteiger partial charge >= 0.3 is 6.36 Å². The largest absolute Gasteiger partial charge is 0.573 e. The van der Waals surface area contributed by atoms with E-state index in [2.05, 4.69) is 19.9 Å². The van der Waals surface area contributed by atoms with Gasteiger partial charge in [-0.1, -0.05) is 24.3 Å². The molecule has 1 spiro atoms. The maximum Gasteiger partial charge on any atom is 0.573 e. The molecule has 10 nitrogen and oxygen atoms in total. The number of aryl methyl sites for hydroxylation is 2. The predicted octanol–water partition coefficient (Wildman–Crippen LogP) is 3.23. The summed E-state index contributed by atoms with van der Waals surface area (Å²) in [6, 6.07) is 9.20. The fourth-order valence-electron chi connectivity index (χ4n) is 6.15. The molecule has 2 saturated heterocycles. The highest BCUT2D eigenvalue weighted by atomic mass is 32.2. The molecule has 3 aliphatic heterocycles. The standard InChI is InChI=1S/C31H37F3N4O6S/c1-21-16-23(19-37-11-7-29(41,20-39)8-12-37)17-22(2)26(21)6-15-45(42,43)38-13-9-30(10-14-38)28(40)35-27(36-30)24-4-3-5-25(18-24)44-31(32,33)34/h3-6,15-18,39,41H,7-14,19-20H2,1-2H3,(H,35,36,40)/b15-6+. The monoisotopic (exact) mass is 650 g/mol. The molecular formula is C31H37F3N4O6S. The van der Waals surface area contributed by atoms with Crippen LogP contribution in [0.1, 0.15) is 53.5 Å². The first-order chi connectivity index (χ1) is 21.1. The number of carbonyl (C=O) groups excluding carboxylic acids is 1. The molecule has 5 rings (SSSR count). The zero-order valence-electron chi connectivity index (χ0n) is 25.1. The molecule has 0 unspecified atom stereocenters. The van der Waals surface area contributed by atoms with E-state index in [4.69, 9.17) is 0 Å². The SMILES string of the molecule is Cc1cc(CN2CCC(O)(CO)CC2)cc(C)c1/C=C/S(=O)(=O)N1CCC2(CC1)N=C(c1cccc(OC(F)(F)F)c1)NC2=O. The van der Waals surface area contributed by atoms with E-state index in [1.165, 1.54) is 21.8 Å². The molecule has 1 amide bonds. The number of likely N-dealkylation sites (tertiary alicyclic amines) is 1. The fraction of sp³-hybridized carbons (Fsp3) is 0.484. The summed E-state index contributed by atoms with van der Waals surface area (Å²) in [4.78, 5) is 19.7. The number of hydrogen-bond acceptors (Lipinski definition) is 8. The van der Waals surface area contributed by atoms with Crippen LogP contribution in [0, 0.1) is 13.8 Å². The summed E-state index contributed by atoms with van der Waals surface area (Å²) in [5.74, 6) is -0.748. The number of aliphatic hydroxyl groups excluding tert-OH is 1. The first-order valence-electron chi connectivity index (χ1n) is 14.7. The van der Waals surface area contributed by atoms with Crippen LogP contribution in [-0.2, 0) is 21.4 Å². The van der Waals surface area contributed by atoms with Crippen molar-refractivity contribution in [1.29, 1.82) is 0 Å². The number of rotatable bonds is 8. The number of halogens is 3. The topological polar surface area (TPSA) is 132 Å². The number of aliphatic hydroxyl groups is 2. The smallest absolute Gasteiger partial charge is 0.406 e. The van der Waals surface area contributed by atoms with Gasteiger partial charge in [-0.05, 0) is 80.0 Å². The number of ether oxygens (including phenoxy) is 1. The van der Waals surface area contributed by atoms with Crippen LogP contribution in [0.5, 0.6) is 5.75 Å². The minimum Gasteiger partial charge on any atom is -0.406 e. The molecule has 0 bridgehead atoms. The van der Waals surface area contributed by atoms with Crippen LogP contribution in [0.4, 0.5) is 13.2 Å². The number of alkyl halides is 3. The van der Waals surface area contributed by atoms with Crippen molar-refractivity contribution in [3.63, 3.8) is 0 Å². The Balaban J connectivity index is 1.22. The Morgan fingerprint density at radius 1 is 1.04 bits per heavy atom. The Hall–Kier alpha value is -3.30. The number of amides is 1. The molecule has 0 radical (unpaired) electrons. The van der Waals surface area contributed by atoms with Gasteiger partial charge < -0.3 is 20.3 Å². The summed E-state index contributed by atoms with van der Waals surface area (Å²) in [5, 5.41) is 23.5.